The number of ether oxygens (including phenoxy) is 2. The third kappa shape index (κ3) is 3.94. The Morgan fingerprint density at radius 2 is 2.03 bits per heavy atom. The summed E-state index contributed by atoms with van der Waals surface area (Å²) in [6.45, 7) is 1.98. The number of likely N-dealkylation sites (tertiary alicyclic amines) is 1. The Bertz CT molecular complexity index is 1000. The van der Waals surface area contributed by atoms with E-state index in [4.69, 9.17) is 9.47 Å². The van der Waals surface area contributed by atoms with Crippen LogP contribution in [0, 0.1) is 0 Å². The van der Waals surface area contributed by atoms with Crippen LogP contribution in [0.4, 0.5) is 0 Å². The number of thiazole rings is 1. The van der Waals surface area contributed by atoms with Crippen molar-refractivity contribution in [3.05, 3.63) is 53.0 Å². The van der Waals surface area contributed by atoms with Crippen molar-refractivity contribution in [3.8, 4) is 11.5 Å². The number of amides is 1. The van der Waals surface area contributed by atoms with Crippen LogP contribution < -0.4 is 9.47 Å². The first-order chi connectivity index (χ1) is 14.3. The standard InChI is InChI=1S/C22H22N2O3S2/c25-22(14-28-13-21-23-16-4-1-2-6-20(16)29-21)24-9-3-5-17(24)15-7-8-18-19(12-15)27-11-10-26-18/h1-2,4,6-8,12,17H,3,5,9-11,13-14H2. The molecule has 2 aliphatic rings. The molecule has 1 saturated heterocycles. The van der Waals surface area contributed by atoms with Crippen molar-refractivity contribution in [1.82, 2.24) is 9.88 Å². The van der Waals surface area contributed by atoms with Crippen LogP contribution in [-0.2, 0) is 10.5 Å². The fraction of sp³-hybridized carbons (Fsp3) is 0.364. The molecule has 150 valence electrons. The Balaban J connectivity index is 1.22. The summed E-state index contributed by atoms with van der Waals surface area (Å²) in [5.41, 5.74) is 2.17. The number of carbonyl (C=O) groups excluding carboxylic acids is 1. The van der Waals surface area contributed by atoms with Crippen LogP contribution in [-0.4, -0.2) is 41.3 Å². The number of para-hydroxylation sites is 1. The lowest BCUT2D eigenvalue weighted by molar-refractivity contribution is -0.129. The van der Waals surface area contributed by atoms with Crippen molar-refractivity contribution in [2.45, 2.75) is 24.6 Å². The number of hydrogen-bond acceptors (Lipinski definition) is 6. The molecule has 0 radical (unpaired) electrons. The molecule has 7 heteroatoms. The molecule has 1 unspecified atom stereocenters. The van der Waals surface area contributed by atoms with Gasteiger partial charge in [0, 0.05) is 12.3 Å². The summed E-state index contributed by atoms with van der Waals surface area (Å²) in [5.74, 6) is 3.04. The molecular formula is C22H22N2O3S2. The Morgan fingerprint density at radius 1 is 1.17 bits per heavy atom. The summed E-state index contributed by atoms with van der Waals surface area (Å²) in [6.07, 6.45) is 2.03. The van der Waals surface area contributed by atoms with Gasteiger partial charge in [0.1, 0.15) is 18.2 Å². The van der Waals surface area contributed by atoms with E-state index >= 15 is 0 Å². The molecule has 29 heavy (non-hydrogen) atoms. The number of thioether (sulfide) groups is 1. The second-order valence-corrected chi connectivity index (χ2v) is 9.32. The van der Waals surface area contributed by atoms with Gasteiger partial charge >= 0.3 is 0 Å². The molecule has 3 aromatic rings. The van der Waals surface area contributed by atoms with Gasteiger partial charge in [0.2, 0.25) is 5.91 Å². The maximum atomic E-state index is 12.9. The van der Waals surface area contributed by atoms with E-state index in [1.807, 2.05) is 35.2 Å². The van der Waals surface area contributed by atoms with E-state index in [1.54, 1.807) is 23.1 Å². The van der Waals surface area contributed by atoms with Gasteiger partial charge in [-0.15, -0.1) is 23.1 Å². The molecule has 1 atom stereocenters. The maximum absolute atomic E-state index is 12.9. The second-order valence-electron chi connectivity index (χ2n) is 7.22. The number of aromatic nitrogens is 1. The second kappa shape index (κ2) is 8.24. The smallest absolute Gasteiger partial charge is 0.233 e. The third-order valence-electron chi connectivity index (χ3n) is 5.31. The van der Waals surface area contributed by atoms with Crippen LogP contribution in [0.15, 0.2) is 42.5 Å². The number of benzene rings is 2. The number of fused-ring (bicyclic) bond motifs is 2. The Kier molecular flexibility index (Phi) is 5.33. The number of nitrogens with zero attached hydrogens (tertiary/aromatic N) is 2. The summed E-state index contributed by atoms with van der Waals surface area (Å²) in [5, 5.41) is 1.08. The van der Waals surface area contributed by atoms with Gasteiger partial charge in [-0.2, -0.15) is 0 Å². The first-order valence-corrected chi connectivity index (χ1v) is 11.9. The van der Waals surface area contributed by atoms with Crippen LogP contribution in [0.2, 0.25) is 0 Å². The lowest BCUT2D eigenvalue weighted by Gasteiger charge is -2.26. The van der Waals surface area contributed by atoms with Gasteiger partial charge in [0.05, 0.1) is 22.0 Å². The highest BCUT2D eigenvalue weighted by atomic mass is 32.2. The van der Waals surface area contributed by atoms with E-state index < -0.39 is 0 Å². The summed E-state index contributed by atoms with van der Waals surface area (Å²) in [6, 6.07) is 14.4. The fourth-order valence-corrected chi connectivity index (χ4v) is 5.90. The van der Waals surface area contributed by atoms with Gasteiger partial charge in [0.25, 0.3) is 0 Å². The number of hydrogen-bond donors (Lipinski definition) is 0. The summed E-state index contributed by atoms with van der Waals surface area (Å²) < 4.78 is 12.5. The Labute approximate surface area is 178 Å². The molecule has 0 spiro atoms. The SMILES string of the molecule is O=C(CSCc1nc2ccccc2s1)N1CCCC1c1ccc2c(c1)OCCO2. The molecular weight excluding hydrogens is 404 g/mol. The number of carbonyl (C=O) groups is 1. The molecule has 0 aliphatic carbocycles. The molecule has 1 fully saturated rings. The van der Waals surface area contributed by atoms with E-state index in [-0.39, 0.29) is 11.9 Å². The van der Waals surface area contributed by atoms with E-state index in [9.17, 15) is 4.79 Å². The van der Waals surface area contributed by atoms with Crippen molar-refractivity contribution >= 4 is 39.2 Å². The lowest BCUT2D eigenvalue weighted by Crippen LogP contribution is -2.32. The van der Waals surface area contributed by atoms with E-state index in [1.165, 1.54) is 4.70 Å². The van der Waals surface area contributed by atoms with E-state index in [0.29, 0.717) is 19.0 Å². The van der Waals surface area contributed by atoms with Crippen LogP contribution in [0.25, 0.3) is 10.2 Å². The predicted octanol–water partition coefficient (Wildman–Crippen LogP) is 4.66. The highest BCUT2D eigenvalue weighted by Gasteiger charge is 2.30. The molecule has 0 bridgehead atoms. The maximum Gasteiger partial charge on any atom is 0.233 e. The average Bonchev–Trinajstić information content (AvgIpc) is 3.40. The fourth-order valence-electron chi connectivity index (χ4n) is 3.97. The van der Waals surface area contributed by atoms with Crippen LogP contribution in [0.5, 0.6) is 11.5 Å². The van der Waals surface area contributed by atoms with Crippen LogP contribution in [0.3, 0.4) is 0 Å². The normalized spacial score (nSPS) is 18.3. The Morgan fingerprint density at radius 3 is 2.93 bits per heavy atom. The molecule has 1 aromatic heterocycles. The Hall–Kier alpha value is -2.25. The largest absolute Gasteiger partial charge is 0.486 e. The average molecular weight is 427 g/mol. The minimum atomic E-state index is 0.126. The molecule has 3 heterocycles. The van der Waals surface area contributed by atoms with Crippen molar-refractivity contribution in [3.63, 3.8) is 0 Å². The topological polar surface area (TPSA) is 51.7 Å². The van der Waals surface area contributed by atoms with E-state index in [0.717, 1.165) is 52.7 Å². The van der Waals surface area contributed by atoms with Gasteiger partial charge in [-0.3, -0.25) is 4.79 Å². The van der Waals surface area contributed by atoms with Gasteiger partial charge in [-0.1, -0.05) is 18.2 Å². The zero-order chi connectivity index (χ0) is 19.6. The van der Waals surface area contributed by atoms with E-state index in [2.05, 4.69) is 17.1 Å². The molecule has 5 nitrogen and oxygen atoms in total. The summed E-state index contributed by atoms with van der Waals surface area (Å²) in [4.78, 5) is 19.6. The van der Waals surface area contributed by atoms with Gasteiger partial charge in [-0.25, -0.2) is 4.98 Å². The highest BCUT2D eigenvalue weighted by Crippen LogP contribution is 2.38. The van der Waals surface area contributed by atoms with Crippen molar-refractivity contribution in [1.29, 1.82) is 0 Å². The highest BCUT2D eigenvalue weighted by molar-refractivity contribution is 7.99. The predicted molar refractivity (Wildman–Crippen MR) is 117 cm³/mol. The monoisotopic (exact) mass is 426 g/mol. The zero-order valence-electron chi connectivity index (χ0n) is 16.0. The minimum Gasteiger partial charge on any atom is -0.486 e. The van der Waals surface area contributed by atoms with Crippen LogP contribution >= 0.6 is 23.1 Å². The number of rotatable bonds is 5. The first kappa shape index (κ1) is 18.8. The molecule has 2 aliphatic heterocycles. The van der Waals surface area contributed by atoms with Crippen molar-refractivity contribution in [2.75, 3.05) is 25.5 Å². The van der Waals surface area contributed by atoms with Gasteiger partial charge < -0.3 is 14.4 Å². The third-order valence-corrected chi connectivity index (χ3v) is 7.46. The molecule has 2 aromatic carbocycles. The summed E-state index contributed by atoms with van der Waals surface area (Å²) >= 11 is 3.36. The van der Waals surface area contributed by atoms with Crippen molar-refractivity contribution < 1.29 is 14.3 Å². The minimum absolute atomic E-state index is 0.126. The molecule has 0 N–H and O–H groups in total. The summed E-state index contributed by atoms with van der Waals surface area (Å²) in [7, 11) is 0. The first-order valence-electron chi connectivity index (χ1n) is 9.89. The quantitative estimate of drug-likeness (QED) is 0.594. The van der Waals surface area contributed by atoms with Crippen molar-refractivity contribution in [2.24, 2.45) is 0 Å². The molecule has 0 saturated carbocycles. The zero-order valence-corrected chi connectivity index (χ0v) is 17.6. The van der Waals surface area contributed by atoms with Gasteiger partial charge in [0.15, 0.2) is 11.5 Å². The lowest BCUT2D eigenvalue weighted by atomic mass is 10.0. The molecule has 1 amide bonds. The van der Waals surface area contributed by atoms with Gasteiger partial charge in [-0.05, 0) is 42.7 Å². The molecule has 5 rings (SSSR count). The van der Waals surface area contributed by atoms with Crippen LogP contribution in [0.1, 0.15) is 29.5 Å².